The largest absolute Gasteiger partial charge is 0.508 e. The zero-order chi connectivity index (χ0) is 15.4. The first-order valence-corrected chi connectivity index (χ1v) is 7.39. The summed E-state index contributed by atoms with van der Waals surface area (Å²) in [5.41, 5.74) is 1.77. The maximum atomic E-state index is 13.1. The summed E-state index contributed by atoms with van der Waals surface area (Å²) >= 11 is 6.03. The molecular weight excluding hydrogens is 289 g/mol. The van der Waals surface area contributed by atoms with Crippen molar-refractivity contribution in [2.75, 3.05) is 0 Å². The number of hydrogen-bond donors (Lipinski definition) is 2. The van der Waals surface area contributed by atoms with Crippen molar-refractivity contribution in [3.8, 4) is 5.75 Å². The Labute approximate surface area is 129 Å². The molecule has 2 unspecified atom stereocenters. The molecule has 21 heavy (non-hydrogen) atoms. The Kier molecular flexibility index (Phi) is 5.21. The summed E-state index contributed by atoms with van der Waals surface area (Å²) in [7, 11) is 0. The van der Waals surface area contributed by atoms with Gasteiger partial charge >= 0.3 is 0 Å². The van der Waals surface area contributed by atoms with Gasteiger partial charge in [0.25, 0.3) is 0 Å². The van der Waals surface area contributed by atoms with Gasteiger partial charge in [0.15, 0.2) is 0 Å². The summed E-state index contributed by atoms with van der Waals surface area (Å²) in [6.07, 6.45) is 0.882. The first-order chi connectivity index (χ1) is 10.0. The summed E-state index contributed by atoms with van der Waals surface area (Å²) in [4.78, 5) is 0. The number of aromatic hydroxyl groups is 1. The second kappa shape index (κ2) is 6.92. The summed E-state index contributed by atoms with van der Waals surface area (Å²) in [5.74, 6) is -0.471. The van der Waals surface area contributed by atoms with Gasteiger partial charge in [-0.3, -0.25) is 0 Å². The number of hydrogen-bond acceptors (Lipinski definition) is 2. The van der Waals surface area contributed by atoms with Crippen LogP contribution in [0.2, 0.25) is 5.02 Å². The van der Waals surface area contributed by atoms with Gasteiger partial charge in [-0.1, -0.05) is 36.7 Å². The Bertz CT molecular complexity index is 617. The van der Waals surface area contributed by atoms with E-state index in [1.807, 2.05) is 31.2 Å². The molecule has 112 valence electrons. The van der Waals surface area contributed by atoms with E-state index in [9.17, 15) is 9.50 Å². The van der Waals surface area contributed by atoms with Crippen LogP contribution in [0.25, 0.3) is 0 Å². The van der Waals surface area contributed by atoms with Crippen molar-refractivity contribution < 1.29 is 9.50 Å². The van der Waals surface area contributed by atoms with Crippen LogP contribution in [0, 0.1) is 5.82 Å². The predicted molar refractivity (Wildman–Crippen MR) is 84.1 cm³/mol. The maximum absolute atomic E-state index is 13.1. The molecule has 4 heteroatoms. The molecule has 0 aromatic heterocycles. The highest BCUT2D eigenvalue weighted by Gasteiger charge is 2.16. The normalized spacial score (nSPS) is 13.9. The van der Waals surface area contributed by atoms with E-state index in [2.05, 4.69) is 12.2 Å². The summed E-state index contributed by atoms with van der Waals surface area (Å²) in [6.45, 7) is 4.02. The highest BCUT2D eigenvalue weighted by atomic mass is 35.5. The van der Waals surface area contributed by atoms with Crippen LogP contribution in [-0.2, 0) is 0 Å². The highest BCUT2D eigenvalue weighted by molar-refractivity contribution is 6.30. The van der Waals surface area contributed by atoms with Gasteiger partial charge in [-0.25, -0.2) is 4.39 Å². The molecule has 2 nitrogen and oxygen atoms in total. The molecule has 2 N–H and O–H groups in total. The molecule has 0 saturated carbocycles. The Morgan fingerprint density at radius 1 is 1.24 bits per heavy atom. The average molecular weight is 308 g/mol. The molecule has 0 radical (unpaired) electrons. The van der Waals surface area contributed by atoms with Crippen LogP contribution in [-0.4, -0.2) is 5.11 Å². The Balaban J connectivity index is 2.18. The number of halogens is 2. The van der Waals surface area contributed by atoms with Crippen molar-refractivity contribution in [3.05, 3.63) is 64.4 Å². The lowest BCUT2D eigenvalue weighted by Crippen LogP contribution is -2.24. The number of nitrogens with one attached hydrogen (secondary N) is 1. The number of benzene rings is 2. The van der Waals surface area contributed by atoms with E-state index in [-0.39, 0.29) is 17.8 Å². The standard InChI is InChI=1S/C17H19ClFNO/c1-3-16(12-5-4-6-13(18)9-12)20-11(2)15-8-7-14(19)10-17(15)21/h4-11,16,20-21H,3H2,1-2H3. The molecule has 0 fully saturated rings. The van der Waals surface area contributed by atoms with Gasteiger partial charge in [0.1, 0.15) is 11.6 Å². The highest BCUT2D eigenvalue weighted by Crippen LogP contribution is 2.28. The lowest BCUT2D eigenvalue weighted by Gasteiger charge is -2.23. The molecule has 0 amide bonds. The lowest BCUT2D eigenvalue weighted by molar-refractivity contribution is 0.421. The Morgan fingerprint density at radius 3 is 2.62 bits per heavy atom. The third-order valence-electron chi connectivity index (χ3n) is 3.57. The predicted octanol–water partition coefficient (Wildman–Crippen LogP) is 4.99. The van der Waals surface area contributed by atoms with E-state index in [0.717, 1.165) is 18.1 Å². The molecule has 2 aromatic carbocycles. The van der Waals surface area contributed by atoms with Crippen molar-refractivity contribution in [1.82, 2.24) is 5.32 Å². The fraction of sp³-hybridized carbons (Fsp3) is 0.294. The molecule has 0 heterocycles. The second-order valence-electron chi connectivity index (χ2n) is 5.11. The quantitative estimate of drug-likeness (QED) is 0.816. The van der Waals surface area contributed by atoms with Gasteiger partial charge in [0.2, 0.25) is 0 Å². The van der Waals surface area contributed by atoms with Gasteiger partial charge < -0.3 is 10.4 Å². The van der Waals surface area contributed by atoms with Crippen molar-refractivity contribution >= 4 is 11.6 Å². The van der Waals surface area contributed by atoms with E-state index in [1.165, 1.54) is 6.07 Å². The van der Waals surface area contributed by atoms with Crippen molar-refractivity contribution in [2.45, 2.75) is 32.4 Å². The van der Waals surface area contributed by atoms with E-state index in [0.29, 0.717) is 10.6 Å². The minimum absolute atomic E-state index is 0.0315. The van der Waals surface area contributed by atoms with E-state index in [4.69, 9.17) is 11.6 Å². The van der Waals surface area contributed by atoms with Gasteiger partial charge in [0.05, 0.1) is 0 Å². The van der Waals surface area contributed by atoms with Crippen LogP contribution in [0.1, 0.15) is 43.5 Å². The SMILES string of the molecule is CCC(NC(C)c1ccc(F)cc1O)c1cccc(Cl)c1. The Hall–Kier alpha value is -1.58. The van der Waals surface area contributed by atoms with E-state index < -0.39 is 5.82 Å². The smallest absolute Gasteiger partial charge is 0.126 e. The van der Waals surface area contributed by atoms with Crippen LogP contribution < -0.4 is 5.32 Å². The summed E-state index contributed by atoms with van der Waals surface area (Å²) in [6, 6.07) is 11.8. The molecule has 0 bridgehead atoms. The van der Waals surface area contributed by atoms with E-state index >= 15 is 0 Å². The number of phenols is 1. The first-order valence-electron chi connectivity index (χ1n) is 7.01. The summed E-state index contributed by atoms with van der Waals surface area (Å²) in [5, 5.41) is 14.0. The molecule has 0 aliphatic carbocycles. The lowest BCUT2D eigenvalue weighted by atomic mass is 10.0. The van der Waals surface area contributed by atoms with E-state index in [1.54, 1.807) is 6.07 Å². The van der Waals surface area contributed by atoms with Gasteiger partial charge in [0, 0.05) is 28.7 Å². The maximum Gasteiger partial charge on any atom is 0.126 e. The van der Waals surface area contributed by atoms with Gasteiger partial charge in [-0.2, -0.15) is 0 Å². The second-order valence-corrected chi connectivity index (χ2v) is 5.54. The van der Waals surface area contributed by atoms with Crippen molar-refractivity contribution in [3.63, 3.8) is 0 Å². The fourth-order valence-electron chi connectivity index (χ4n) is 2.45. The third kappa shape index (κ3) is 3.96. The average Bonchev–Trinajstić information content (AvgIpc) is 2.44. The molecule has 0 saturated heterocycles. The number of phenolic OH excluding ortho intramolecular Hbond substituents is 1. The van der Waals surface area contributed by atoms with Gasteiger partial charge in [-0.05, 0) is 37.1 Å². The zero-order valence-corrected chi connectivity index (χ0v) is 12.9. The van der Waals surface area contributed by atoms with Crippen LogP contribution in [0.5, 0.6) is 5.75 Å². The summed E-state index contributed by atoms with van der Waals surface area (Å²) < 4.78 is 13.1. The minimum atomic E-state index is -0.440. The van der Waals surface area contributed by atoms with Crippen molar-refractivity contribution in [2.24, 2.45) is 0 Å². The minimum Gasteiger partial charge on any atom is -0.508 e. The first kappa shape index (κ1) is 15.8. The molecular formula is C17H19ClFNO. The molecule has 2 aromatic rings. The third-order valence-corrected chi connectivity index (χ3v) is 3.80. The van der Waals surface area contributed by atoms with Crippen molar-refractivity contribution in [1.29, 1.82) is 0 Å². The van der Waals surface area contributed by atoms with Crippen LogP contribution in [0.4, 0.5) is 4.39 Å². The van der Waals surface area contributed by atoms with Crippen LogP contribution >= 0.6 is 11.6 Å². The number of rotatable bonds is 5. The molecule has 2 atom stereocenters. The van der Waals surface area contributed by atoms with Gasteiger partial charge in [-0.15, -0.1) is 0 Å². The molecule has 0 aliphatic heterocycles. The topological polar surface area (TPSA) is 32.3 Å². The monoisotopic (exact) mass is 307 g/mol. The zero-order valence-electron chi connectivity index (χ0n) is 12.1. The van der Waals surface area contributed by atoms with Crippen LogP contribution in [0.15, 0.2) is 42.5 Å². The Morgan fingerprint density at radius 2 is 2.00 bits per heavy atom. The molecule has 0 spiro atoms. The van der Waals surface area contributed by atoms with Crippen LogP contribution in [0.3, 0.4) is 0 Å². The fourth-order valence-corrected chi connectivity index (χ4v) is 2.65. The molecule has 2 rings (SSSR count). The molecule has 0 aliphatic rings.